The van der Waals surface area contributed by atoms with Crippen molar-refractivity contribution in [1.29, 1.82) is 5.26 Å². The lowest BCUT2D eigenvalue weighted by molar-refractivity contribution is -0.112. The summed E-state index contributed by atoms with van der Waals surface area (Å²) >= 11 is 1.31. The number of hydrogen-bond donors (Lipinski definition) is 0. The molecule has 0 saturated carbocycles. The molecule has 0 N–H and O–H groups in total. The smallest absolute Gasteiger partial charge is 0.339 e. The van der Waals surface area contributed by atoms with Gasteiger partial charge in [-0.05, 0) is 36.4 Å². The fraction of sp³-hybridized carbons (Fsp3) is 0.103. The van der Waals surface area contributed by atoms with Crippen molar-refractivity contribution in [2.24, 2.45) is 0 Å². The summed E-state index contributed by atoms with van der Waals surface area (Å²) in [6, 6.07) is 28.5. The summed E-state index contributed by atoms with van der Waals surface area (Å²) < 4.78 is 31.7. The maximum atomic E-state index is 14.3. The lowest BCUT2D eigenvalue weighted by atomic mass is 10.1. The molecule has 0 aliphatic carbocycles. The van der Waals surface area contributed by atoms with Gasteiger partial charge in [0.25, 0.3) is 0 Å². The molecule has 0 fully saturated rings. The van der Waals surface area contributed by atoms with Crippen LogP contribution in [0.1, 0.15) is 38.9 Å². The van der Waals surface area contributed by atoms with E-state index < -0.39 is 18.1 Å². The first-order valence-corrected chi connectivity index (χ1v) is 12.0. The Hall–Kier alpha value is -4.12. The minimum Gasteiger partial charge on any atom is -0.460 e. The largest absolute Gasteiger partial charge is 0.460 e. The first-order chi connectivity index (χ1) is 17.6. The average Bonchev–Trinajstić information content (AvgIpc) is 2.92. The normalized spacial score (nSPS) is 14.3. The van der Waals surface area contributed by atoms with Crippen molar-refractivity contribution in [2.45, 2.75) is 29.3 Å². The summed E-state index contributed by atoms with van der Waals surface area (Å²) in [5.41, 5.74) is 2.68. The lowest BCUT2D eigenvalue weighted by Gasteiger charge is -2.28. The Morgan fingerprint density at radius 3 is 2.53 bits per heavy atom. The van der Waals surface area contributed by atoms with Gasteiger partial charge in [-0.2, -0.15) is 5.26 Å². The van der Waals surface area contributed by atoms with Crippen LogP contribution in [-0.2, 0) is 22.7 Å². The number of ether oxygens (including phenoxy) is 3. The number of nitriles is 1. The Morgan fingerprint density at radius 1 is 1.00 bits per heavy atom. The highest BCUT2D eigenvalue weighted by Gasteiger charge is 2.26. The van der Waals surface area contributed by atoms with E-state index in [2.05, 4.69) is 6.07 Å². The third-order valence-electron chi connectivity index (χ3n) is 5.59. The molecule has 7 heteroatoms. The summed E-state index contributed by atoms with van der Waals surface area (Å²) in [4.78, 5) is 14.5. The maximum Gasteiger partial charge on any atom is 0.339 e. The van der Waals surface area contributed by atoms with Crippen LogP contribution in [0.25, 0.3) is 0 Å². The zero-order valence-electron chi connectivity index (χ0n) is 19.0. The monoisotopic (exact) mass is 497 g/mol. The zero-order chi connectivity index (χ0) is 24.9. The molecule has 0 radical (unpaired) electrons. The number of hydrogen-bond acceptors (Lipinski definition) is 6. The molecule has 5 rings (SSSR count). The fourth-order valence-corrected chi connectivity index (χ4v) is 4.89. The van der Waals surface area contributed by atoms with Crippen molar-refractivity contribution < 1.29 is 23.4 Å². The number of fused-ring (bicyclic) bond motifs is 1. The standard InChI is InChI=1S/C29H20FNO4S/c30-23-14-21(27-22(15-23)18-34-29(35-27)19-8-2-1-3-9-19)17-33-28(32)24-11-5-7-13-26(24)36-25-12-6-4-10-20(25)16-31/h1-15,29H,17-18H2. The van der Waals surface area contributed by atoms with Crippen LogP contribution >= 0.6 is 11.8 Å². The van der Waals surface area contributed by atoms with Crippen molar-refractivity contribution in [3.8, 4) is 11.8 Å². The number of benzene rings is 4. The third-order valence-corrected chi connectivity index (χ3v) is 6.74. The topological polar surface area (TPSA) is 68.6 Å². The second-order valence-corrected chi connectivity index (χ2v) is 9.09. The van der Waals surface area contributed by atoms with Crippen LogP contribution in [0.4, 0.5) is 4.39 Å². The molecular formula is C29H20FNO4S. The van der Waals surface area contributed by atoms with E-state index in [0.717, 1.165) is 10.5 Å². The second-order valence-electron chi connectivity index (χ2n) is 8.01. The van der Waals surface area contributed by atoms with E-state index in [9.17, 15) is 14.4 Å². The molecule has 0 saturated heterocycles. The Morgan fingerprint density at radius 2 is 1.72 bits per heavy atom. The quantitative estimate of drug-likeness (QED) is 0.273. The van der Waals surface area contributed by atoms with Gasteiger partial charge in [-0.3, -0.25) is 0 Å². The van der Waals surface area contributed by atoms with Crippen LogP contribution < -0.4 is 4.74 Å². The first-order valence-electron chi connectivity index (χ1n) is 11.2. The molecule has 178 valence electrons. The predicted octanol–water partition coefficient (Wildman–Crippen LogP) is 6.81. The minimum atomic E-state index is -0.643. The number of rotatable bonds is 6. The van der Waals surface area contributed by atoms with Gasteiger partial charge in [0.2, 0.25) is 6.29 Å². The highest BCUT2D eigenvalue weighted by molar-refractivity contribution is 7.99. The molecule has 0 spiro atoms. The van der Waals surface area contributed by atoms with E-state index in [1.165, 1.54) is 23.9 Å². The molecule has 0 amide bonds. The molecule has 1 heterocycles. The minimum absolute atomic E-state index is 0.172. The molecule has 1 aliphatic heterocycles. The molecule has 1 aliphatic rings. The van der Waals surface area contributed by atoms with Gasteiger partial charge < -0.3 is 14.2 Å². The summed E-state index contributed by atoms with van der Waals surface area (Å²) in [7, 11) is 0. The van der Waals surface area contributed by atoms with Crippen LogP contribution in [0.3, 0.4) is 0 Å². The second kappa shape index (κ2) is 10.6. The maximum absolute atomic E-state index is 14.3. The van der Waals surface area contributed by atoms with Gasteiger partial charge in [0.05, 0.1) is 17.7 Å². The van der Waals surface area contributed by atoms with Gasteiger partial charge >= 0.3 is 5.97 Å². The van der Waals surface area contributed by atoms with Crippen molar-refractivity contribution in [3.05, 3.63) is 125 Å². The molecular weight excluding hydrogens is 477 g/mol. The number of nitrogens with zero attached hydrogens (tertiary/aromatic N) is 1. The Balaban J connectivity index is 1.36. The van der Waals surface area contributed by atoms with Crippen molar-refractivity contribution in [3.63, 3.8) is 0 Å². The lowest BCUT2D eigenvalue weighted by Crippen LogP contribution is -2.20. The molecule has 36 heavy (non-hydrogen) atoms. The summed E-state index contributed by atoms with van der Waals surface area (Å²) in [5.74, 6) is -0.568. The van der Waals surface area contributed by atoms with Crippen LogP contribution in [0, 0.1) is 17.1 Å². The Kier molecular flexibility index (Phi) is 6.99. The van der Waals surface area contributed by atoms with E-state index in [1.54, 1.807) is 30.3 Å². The van der Waals surface area contributed by atoms with Crippen LogP contribution in [0.2, 0.25) is 0 Å². The molecule has 5 nitrogen and oxygen atoms in total. The molecule has 0 aromatic heterocycles. The van der Waals surface area contributed by atoms with E-state index in [-0.39, 0.29) is 13.2 Å². The van der Waals surface area contributed by atoms with Gasteiger partial charge in [0, 0.05) is 26.5 Å². The zero-order valence-corrected chi connectivity index (χ0v) is 19.8. The van der Waals surface area contributed by atoms with E-state index in [1.807, 2.05) is 48.5 Å². The average molecular weight is 498 g/mol. The summed E-state index contributed by atoms with van der Waals surface area (Å²) in [6.07, 6.45) is -0.643. The highest BCUT2D eigenvalue weighted by atomic mass is 32.2. The third kappa shape index (κ3) is 5.10. The van der Waals surface area contributed by atoms with Gasteiger partial charge in [0.15, 0.2) is 0 Å². The van der Waals surface area contributed by atoms with Crippen LogP contribution in [0.5, 0.6) is 5.75 Å². The Bertz CT molecular complexity index is 1450. The van der Waals surface area contributed by atoms with E-state index >= 15 is 0 Å². The van der Waals surface area contributed by atoms with Crippen molar-refractivity contribution in [2.75, 3.05) is 0 Å². The van der Waals surface area contributed by atoms with Gasteiger partial charge in [-0.25, -0.2) is 9.18 Å². The van der Waals surface area contributed by atoms with Crippen LogP contribution in [-0.4, -0.2) is 5.97 Å². The van der Waals surface area contributed by atoms with Gasteiger partial charge in [-0.15, -0.1) is 0 Å². The van der Waals surface area contributed by atoms with Gasteiger partial charge in [-0.1, -0.05) is 66.4 Å². The highest BCUT2D eigenvalue weighted by Crippen LogP contribution is 2.37. The van der Waals surface area contributed by atoms with Crippen molar-refractivity contribution >= 4 is 17.7 Å². The number of esters is 1. The molecule has 4 aromatic carbocycles. The molecule has 1 atom stereocenters. The summed E-state index contributed by atoms with van der Waals surface area (Å²) in [5, 5.41) is 9.39. The van der Waals surface area contributed by atoms with E-state index in [4.69, 9.17) is 14.2 Å². The fourth-order valence-electron chi connectivity index (χ4n) is 3.87. The molecule has 1 unspecified atom stereocenters. The Labute approximate surface area is 212 Å². The number of carbonyl (C=O) groups is 1. The summed E-state index contributed by atoms with van der Waals surface area (Å²) in [6.45, 7) is -0.000401. The first kappa shape index (κ1) is 23.6. The predicted molar refractivity (Wildman–Crippen MR) is 132 cm³/mol. The van der Waals surface area contributed by atoms with E-state index in [0.29, 0.717) is 32.9 Å². The molecule has 4 aromatic rings. The van der Waals surface area contributed by atoms with Crippen molar-refractivity contribution in [1.82, 2.24) is 0 Å². The SMILES string of the molecule is N#Cc1ccccc1Sc1ccccc1C(=O)OCc1cc(F)cc2c1OC(c1ccccc1)OC2. The van der Waals surface area contributed by atoms with Crippen LogP contribution in [0.15, 0.2) is 101 Å². The molecule has 0 bridgehead atoms. The number of halogens is 1. The number of carbonyl (C=O) groups excluding carboxylic acids is 1. The van der Waals surface area contributed by atoms with Gasteiger partial charge in [0.1, 0.15) is 24.2 Å².